The lowest BCUT2D eigenvalue weighted by Crippen LogP contribution is -1.91. The quantitative estimate of drug-likeness (QED) is 0.600. The molecular formula is C9H8FN. The summed E-state index contributed by atoms with van der Waals surface area (Å²) in [6.45, 7) is 1.83. The average molecular weight is 149 g/mol. The Bertz CT molecular complexity index is 299. The summed E-state index contributed by atoms with van der Waals surface area (Å²) in [5.74, 6) is -0.286. The van der Waals surface area contributed by atoms with Gasteiger partial charge in [0, 0.05) is 5.56 Å². The minimum atomic E-state index is -0.286. The number of hydrogen-bond acceptors (Lipinski definition) is 1. The van der Waals surface area contributed by atoms with E-state index in [9.17, 15) is 4.39 Å². The fraction of sp³-hybridized carbons (Fsp3) is 0.222. The summed E-state index contributed by atoms with van der Waals surface area (Å²) in [6.07, 6.45) is 0.565. The van der Waals surface area contributed by atoms with Gasteiger partial charge in [-0.25, -0.2) is 4.39 Å². The Labute approximate surface area is 65.1 Å². The molecule has 1 aromatic rings. The van der Waals surface area contributed by atoms with Crippen molar-refractivity contribution in [3.63, 3.8) is 0 Å². The molecule has 0 unspecified atom stereocenters. The van der Waals surface area contributed by atoms with Gasteiger partial charge in [0.05, 0.1) is 11.6 Å². The molecule has 0 aliphatic rings. The molecule has 0 aromatic heterocycles. The Kier molecular flexibility index (Phi) is 2.22. The maximum absolute atomic E-state index is 12.9. The van der Waals surface area contributed by atoms with Crippen LogP contribution in [0.2, 0.25) is 0 Å². The van der Waals surface area contributed by atoms with Gasteiger partial charge in [0.25, 0.3) is 0 Å². The Morgan fingerprint density at radius 2 is 2.27 bits per heavy atom. The summed E-state index contributed by atoms with van der Waals surface area (Å²) in [5, 5.41) is 8.56. The third-order valence-corrected chi connectivity index (χ3v) is 1.59. The Morgan fingerprint density at radius 1 is 1.55 bits per heavy atom. The van der Waals surface area contributed by atoms with Crippen molar-refractivity contribution in [2.24, 2.45) is 0 Å². The van der Waals surface area contributed by atoms with E-state index in [1.54, 1.807) is 12.1 Å². The zero-order valence-corrected chi connectivity index (χ0v) is 6.26. The molecule has 1 aromatic carbocycles. The van der Waals surface area contributed by atoms with Crippen LogP contribution in [0.15, 0.2) is 18.2 Å². The Hall–Kier alpha value is -1.36. The van der Waals surface area contributed by atoms with Crippen LogP contribution >= 0.6 is 0 Å². The molecule has 0 bridgehead atoms. The van der Waals surface area contributed by atoms with Crippen LogP contribution in [0, 0.1) is 17.1 Å². The van der Waals surface area contributed by atoms with Crippen LogP contribution < -0.4 is 0 Å². The van der Waals surface area contributed by atoms with Gasteiger partial charge in [-0.2, -0.15) is 5.26 Å². The molecule has 0 amide bonds. The van der Waals surface area contributed by atoms with Crippen LogP contribution in [0.5, 0.6) is 0 Å². The lowest BCUT2D eigenvalue weighted by atomic mass is 10.1. The second-order valence-electron chi connectivity index (χ2n) is 2.23. The van der Waals surface area contributed by atoms with Crippen molar-refractivity contribution in [2.45, 2.75) is 13.3 Å². The van der Waals surface area contributed by atoms with Gasteiger partial charge in [0.1, 0.15) is 5.82 Å². The first-order valence-electron chi connectivity index (χ1n) is 3.47. The van der Waals surface area contributed by atoms with E-state index in [1.165, 1.54) is 6.07 Å². The lowest BCUT2D eigenvalue weighted by molar-refractivity contribution is 0.611. The minimum Gasteiger partial charge on any atom is -0.207 e. The molecule has 2 heteroatoms. The largest absolute Gasteiger partial charge is 0.207 e. The smallest absolute Gasteiger partial charge is 0.127 e. The van der Waals surface area contributed by atoms with E-state index in [2.05, 4.69) is 0 Å². The van der Waals surface area contributed by atoms with Crippen LogP contribution in [0.4, 0.5) is 4.39 Å². The molecule has 0 saturated carbocycles. The predicted molar refractivity (Wildman–Crippen MR) is 40.5 cm³/mol. The molecule has 0 radical (unpaired) electrons. The van der Waals surface area contributed by atoms with Gasteiger partial charge >= 0.3 is 0 Å². The van der Waals surface area contributed by atoms with E-state index < -0.39 is 0 Å². The van der Waals surface area contributed by atoms with Gasteiger partial charge in [0.15, 0.2) is 0 Å². The summed E-state index contributed by atoms with van der Waals surface area (Å²) < 4.78 is 12.9. The van der Waals surface area contributed by atoms with Crippen molar-refractivity contribution in [1.29, 1.82) is 5.26 Å². The van der Waals surface area contributed by atoms with Crippen LogP contribution in [0.3, 0.4) is 0 Å². The van der Waals surface area contributed by atoms with E-state index in [0.717, 1.165) is 0 Å². The standard InChI is InChI=1S/C9H8FN/c1-2-8-7(6-11)4-3-5-9(8)10/h3-5H,2H2,1H3. The van der Waals surface area contributed by atoms with Crippen molar-refractivity contribution in [2.75, 3.05) is 0 Å². The zero-order valence-electron chi connectivity index (χ0n) is 6.26. The molecule has 0 atom stereocenters. The third-order valence-electron chi connectivity index (χ3n) is 1.59. The van der Waals surface area contributed by atoms with Gasteiger partial charge < -0.3 is 0 Å². The summed E-state index contributed by atoms with van der Waals surface area (Å²) >= 11 is 0. The summed E-state index contributed by atoms with van der Waals surface area (Å²) in [4.78, 5) is 0. The van der Waals surface area contributed by atoms with Crippen LogP contribution in [-0.4, -0.2) is 0 Å². The SMILES string of the molecule is CCc1c(F)cccc1C#N. The highest BCUT2D eigenvalue weighted by molar-refractivity contribution is 5.38. The normalized spacial score (nSPS) is 9.18. The summed E-state index contributed by atoms with van der Waals surface area (Å²) in [6, 6.07) is 6.50. The maximum atomic E-state index is 12.9. The van der Waals surface area contributed by atoms with Crippen LogP contribution in [-0.2, 0) is 6.42 Å². The van der Waals surface area contributed by atoms with E-state index in [0.29, 0.717) is 17.5 Å². The zero-order chi connectivity index (χ0) is 8.27. The second kappa shape index (κ2) is 3.16. The van der Waals surface area contributed by atoms with Crippen LogP contribution in [0.1, 0.15) is 18.1 Å². The molecule has 0 saturated heterocycles. The number of nitriles is 1. The molecule has 11 heavy (non-hydrogen) atoms. The first kappa shape index (κ1) is 7.74. The van der Waals surface area contributed by atoms with Crippen molar-refractivity contribution in [1.82, 2.24) is 0 Å². The Balaban J connectivity index is 3.27. The van der Waals surface area contributed by atoms with E-state index >= 15 is 0 Å². The van der Waals surface area contributed by atoms with E-state index in [-0.39, 0.29) is 5.82 Å². The third kappa shape index (κ3) is 1.38. The van der Waals surface area contributed by atoms with Gasteiger partial charge in [-0.05, 0) is 18.6 Å². The molecule has 1 rings (SSSR count). The topological polar surface area (TPSA) is 23.8 Å². The molecule has 0 aliphatic carbocycles. The van der Waals surface area contributed by atoms with E-state index in [4.69, 9.17) is 5.26 Å². The molecular weight excluding hydrogens is 141 g/mol. The lowest BCUT2D eigenvalue weighted by Gasteiger charge is -1.99. The highest BCUT2D eigenvalue weighted by Gasteiger charge is 2.03. The number of nitrogens with zero attached hydrogens (tertiary/aromatic N) is 1. The molecule has 1 nitrogen and oxygen atoms in total. The van der Waals surface area contributed by atoms with Crippen LogP contribution in [0.25, 0.3) is 0 Å². The van der Waals surface area contributed by atoms with Gasteiger partial charge in [0.2, 0.25) is 0 Å². The fourth-order valence-corrected chi connectivity index (χ4v) is 1.02. The number of benzene rings is 1. The van der Waals surface area contributed by atoms with Gasteiger partial charge in [-0.15, -0.1) is 0 Å². The molecule has 56 valence electrons. The predicted octanol–water partition coefficient (Wildman–Crippen LogP) is 2.26. The Morgan fingerprint density at radius 3 is 2.73 bits per heavy atom. The van der Waals surface area contributed by atoms with Gasteiger partial charge in [-0.3, -0.25) is 0 Å². The number of halogens is 1. The highest BCUT2D eigenvalue weighted by atomic mass is 19.1. The number of hydrogen-bond donors (Lipinski definition) is 0. The molecule has 0 spiro atoms. The highest BCUT2D eigenvalue weighted by Crippen LogP contribution is 2.12. The first-order chi connectivity index (χ1) is 5.29. The first-order valence-corrected chi connectivity index (χ1v) is 3.47. The summed E-state index contributed by atoms with van der Waals surface area (Å²) in [7, 11) is 0. The molecule has 0 N–H and O–H groups in total. The monoisotopic (exact) mass is 149 g/mol. The van der Waals surface area contributed by atoms with Crippen molar-refractivity contribution in [3.8, 4) is 6.07 Å². The fourth-order valence-electron chi connectivity index (χ4n) is 1.02. The molecule has 0 aliphatic heterocycles. The maximum Gasteiger partial charge on any atom is 0.127 e. The average Bonchev–Trinajstić information content (AvgIpc) is 2.04. The van der Waals surface area contributed by atoms with Crippen molar-refractivity contribution >= 4 is 0 Å². The van der Waals surface area contributed by atoms with E-state index in [1.807, 2.05) is 13.0 Å². The number of rotatable bonds is 1. The second-order valence-corrected chi connectivity index (χ2v) is 2.23. The van der Waals surface area contributed by atoms with Gasteiger partial charge in [-0.1, -0.05) is 13.0 Å². The van der Waals surface area contributed by atoms with Crippen molar-refractivity contribution in [3.05, 3.63) is 35.1 Å². The summed E-state index contributed by atoms with van der Waals surface area (Å²) in [5.41, 5.74) is 0.947. The van der Waals surface area contributed by atoms with Crippen molar-refractivity contribution < 1.29 is 4.39 Å². The molecule has 0 fully saturated rings. The molecule has 0 heterocycles. The minimum absolute atomic E-state index is 0.286.